The molecule has 0 aliphatic heterocycles. The van der Waals surface area contributed by atoms with Crippen molar-refractivity contribution in [1.29, 1.82) is 0 Å². The standard InChI is InChI=1S/C18H14ClN5O/c19-13-7-6-12-8-16(22-15(12)9-13)18(25)20-10-17-23-21-11-24(17)14-4-2-1-3-5-14/h1-9,11,22H,10H2,(H,20,25). The molecular formula is C18H14ClN5O. The first-order valence-electron chi connectivity index (χ1n) is 7.71. The molecule has 0 unspecified atom stereocenters. The fraction of sp³-hybridized carbons (Fsp3) is 0.0556. The molecule has 0 spiro atoms. The highest BCUT2D eigenvalue weighted by Crippen LogP contribution is 2.20. The fourth-order valence-corrected chi connectivity index (χ4v) is 2.83. The van der Waals surface area contributed by atoms with E-state index in [9.17, 15) is 4.79 Å². The van der Waals surface area contributed by atoms with Crippen LogP contribution in [-0.4, -0.2) is 25.7 Å². The molecule has 0 aliphatic rings. The molecule has 0 bridgehead atoms. The van der Waals surface area contributed by atoms with Crippen molar-refractivity contribution in [2.24, 2.45) is 0 Å². The van der Waals surface area contributed by atoms with Gasteiger partial charge in [0.05, 0.1) is 6.54 Å². The fourth-order valence-electron chi connectivity index (χ4n) is 2.66. The Morgan fingerprint density at radius 1 is 1.16 bits per heavy atom. The Kier molecular flexibility index (Phi) is 3.95. The number of para-hydroxylation sites is 1. The largest absolute Gasteiger partial charge is 0.350 e. The van der Waals surface area contributed by atoms with Crippen molar-refractivity contribution >= 4 is 28.4 Å². The van der Waals surface area contributed by atoms with Crippen LogP contribution < -0.4 is 5.32 Å². The Morgan fingerprint density at radius 2 is 2.00 bits per heavy atom. The van der Waals surface area contributed by atoms with Crippen molar-refractivity contribution in [2.45, 2.75) is 6.54 Å². The highest BCUT2D eigenvalue weighted by molar-refractivity contribution is 6.31. The first kappa shape index (κ1) is 15.4. The number of benzene rings is 2. The quantitative estimate of drug-likeness (QED) is 0.592. The number of carbonyl (C=O) groups is 1. The smallest absolute Gasteiger partial charge is 0.268 e. The maximum atomic E-state index is 12.4. The number of rotatable bonds is 4. The van der Waals surface area contributed by atoms with Gasteiger partial charge >= 0.3 is 0 Å². The number of aromatic nitrogens is 4. The van der Waals surface area contributed by atoms with Gasteiger partial charge in [-0.1, -0.05) is 35.9 Å². The van der Waals surface area contributed by atoms with Gasteiger partial charge in [-0.05, 0) is 30.3 Å². The summed E-state index contributed by atoms with van der Waals surface area (Å²) in [6.45, 7) is 0.268. The second kappa shape index (κ2) is 6.41. The van der Waals surface area contributed by atoms with E-state index in [1.165, 1.54) is 0 Å². The summed E-state index contributed by atoms with van der Waals surface area (Å²) in [6.07, 6.45) is 1.63. The molecule has 0 saturated carbocycles. The number of hydrogen-bond acceptors (Lipinski definition) is 3. The summed E-state index contributed by atoms with van der Waals surface area (Å²) in [6, 6.07) is 17.0. The number of H-pyrrole nitrogens is 1. The summed E-state index contributed by atoms with van der Waals surface area (Å²) in [7, 11) is 0. The van der Waals surface area contributed by atoms with E-state index in [1.807, 2.05) is 41.0 Å². The number of hydrogen-bond donors (Lipinski definition) is 2. The van der Waals surface area contributed by atoms with Gasteiger partial charge < -0.3 is 10.3 Å². The molecular weight excluding hydrogens is 338 g/mol. The predicted molar refractivity (Wildman–Crippen MR) is 95.8 cm³/mol. The van der Waals surface area contributed by atoms with Crippen LogP contribution in [0.15, 0.2) is 60.9 Å². The molecule has 25 heavy (non-hydrogen) atoms. The minimum absolute atomic E-state index is 0.213. The normalized spacial score (nSPS) is 10.9. The van der Waals surface area contributed by atoms with E-state index in [-0.39, 0.29) is 12.5 Å². The zero-order valence-electron chi connectivity index (χ0n) is 13.1. The maximum absolute atomic E-state index is 12.4. The third-order valence-corrected chi connectivity index (χ3v) is 4.12. The van der Waals surface area contributed by atoms with Crippen LogP contribution in [0.5, 0.6) is 0 Å². The Bertz CT molecular complexity index is 1040. The predicted octanol–water partition coefficient (Wildman–Crippen LogP) is 3.33. The van der Waals surface area contributed by atoms with Crippen LogP contribution in [0.2, 0.25) is 5.02 Å². The van der Waals surface area contributed by atoms with Crippen LogP contribution in [0.25, 0.3) is 16.6 Å². The van der Waals surface area contributed by atoms with E-state index >= 15 is 0 Å². The Balaban J connectivity index is 1.51. The minimum atomic E-state index is -0.213. The van der Waals surface area contributed by atoms with E-state index < -0.39 is 0 Å². The molecule has 0 saturated heterocycles. The molecule has 2 heterocycles. The van der Waals surface area contributed by atoms with E-state index in [2.05, 4.69) is 20.5 Å². The molecule has 2 aromatic carbocycles. The van der Waals surface area contributed by atoms with Gasteiger partial charge in [0, 0.05) is 21.6 Å². The second-order valence-corrected chi connectivity index (χ2v) is 5.99. The Hall–Kier alpha value is -3.12. The molecule has 0 fully saturated rings. The molecule has 0 radical (unpaired) electrons. The zero-order valence-corrected chi connectivity index (χ0v) is 13.9. The number of nitrogens with zero attached hydrogens (tertiary/aromatic N) is 3. The highest BCUT2D eigenvalue weighted by atomic mass is 35.5. The van der Waals surface area contributed by atoms with E-state index in [1.54, 1.807) is 24.5 Å². The highest BCUT2D eigenvalue weighted by Gasteiger charge is 2.12. The molecule has 4 aromatic rings. The summed E-state index contributed by atoms with van der Waals surface area (Å²) in [5.74, 6) is 0.439. The van der Waals surface area contributed by atoms with Crippen molar-refractivity contribution < 1.29 is 4.79 Å². The van der Waals surface area contributed by atoms with Crippen LogP contribution in [0.1, 0.15) is 16.3 Å². The van der Waals surface area contributed by atoms with E-state index in [4.69, 9.17) is 11.6 Å². The van der Waals surface area contributed by atoms with Gasteiger partial charge in [-0.15, -0.1) is 10.2 Å². The monoisotopic (exact) mass is 351 g/mol. The number of amides is 1. The molecule has 2 aromatic heterocycles. The molecule has 7 heteroatoms. The minimum Gasteiger partial charge on any atom is -0.350 e. The van der Waals surface area contributed by atoms with Crippen molar-refractivity contribution in [3.8, 4) is 5.69 Å². The molecule has 6 nitrogen and oxygen atoms in total. The average Bonchev–Trinajstić information content (AvgIpc) is 3.26. The van der Waals surface area contributed by atoms with Gasteiger partial charge in [-0.2, -0.15) is 0 Å². The van der Waals surface area contributed by atoms with Crippen LogP contribution in [-0.2, 0) is 6.54 Å². The van der Waals surface area contributed by atoms with Crippen LogP contribution in [0.3, 0.4) is 0 Å². The number of nitrogens with one attached hydrogen (secondary N) is 2. The summed E-state index contributed by atoms with van der Waals surface area (Å²) in [5.41, 5.74) is 2.24. The van der Waals surface area contributed by atoms with Crippen molar-refractivity contribution in [3.63, 3.8) is 0 Å². The topological polar surface area (TPSA) is 75.6 Å². The summed E-state index contributed by atoms with van der Waals surface area (Å²) in [4.78, 5) is 15.5. The lowest BCUT2D eigenvalue weighted by Crippen LogP contribution is -2.24. The maximum Gasteiger partial charge on any atom is 0.268 e. The number of halogens is 1. The molecule has 4 rings (SSSR count). The summed E-state index contributed by atoms with van der Waals surface area (Å²) in [5, 5.41) is 12.4. The average molecular weight is 352 g/mol. The van der Waals surface area contributed by atoms with Gasteiger partial charge in [0.25, 0.3) is 5.91 Å². The van der Waals surface area contributed by atoms with Crippen molar-refractivity contribution in [3.05, 3.63) is 77.5 Å². The van der Waals surface area contributed by atoms with Crippen LogP contribution >= 0.6 is 11.6 Å². The van der Waals surface area contributed by atoms with Gasteiger partial charge in [-0.3, -0.25) is 9.36 Å². The van der Waals surface area contributed by atoms with Crippen molar-refractivity contribution in [2.75, 3.05) is 0 Å². The van der Waals surface area contributed by atoms with Gasteiger partial charge in [-0.25, -0.2) is 0 Å². The Morgan fingerprint density at radius 3 is 2.84 bits per heavy atom. The Labute approximate surface area is 148 Å². The van der Waals surface area contributed by atoms with Gasteiger partial charge in [0.15, 0.2) is 5.82 Å². The molecule has 0 atom stereocenters. The van der Waals surface area contributed by atoms with E-state index in [0.29, 0.717) is 16.5 Å². The lowest BCUT2D eigenvalue weighted by molar-refractivity contribution is 0.0945. The molecule has 2 N–H and O–H groups in total. The van der Waals surface area contributed by atoms with Crippen LogP contribution in [0, 0.1) is 0 Å². The zero-order chi connectivity index (χ0) is 17.2. The van der Waals surface area contributed by atoms with E-state index in [0.717, 1.165) is 16.6 Å². The summed E-state index contributed by atoms with van der Waals surface area (Å²) < 4.78 is 1.84. The summed E-state index contributed by atoms with van der Waals surface area (Å²) >= 11 is 5.97. The number of fused-ring (bicyclic) bond motifs is 1. The van der Waals surface area contributed by atoms with Gasteiger partial charge in [0.2, 0.25) is 0 Å². The van der Waals surface area contributed by atoms with Crippen LogP contribution in [0.4, 0.5) is 0 Å². The number of aromatic amines is 1. The third-order valence-electron chi connectivity index (χ3n) is 3.89. The third kappa shape index (κ3) is 3.12. The number of carbonyl (C=O) groups excluding carboxylic acids is 1. The van der Waals surface area contributed by atoms with Crippen molar-refractivity contribution in [1.82, 2.24) is 25.1 Å². The first-order chi connectivity index (χ1) is 12.2. The molecule has 1 amide bonds. The lowest BCUT2D eigenvalue weighted by Gasteiger charge is -2.07. The second-order valence-electron chi connectivity index (χ2n) is 5.55. The lowest BCUT2D eigenvalue weighted by atomic mass is 10.2. The molecule has 0 aliphatic carbocycles. The van der Waals surface area contributed by atoms with Gasteiger partial charge in [0.1, 0.15) is 12.0 Å². The molecule has 124 valence electrons. The first-order valence-corrected chi connectivity index (χ1v) is 8.09. The SMILES string of the molecule is O=C(NCc1nncn1-c1ccccc1)c1cc2ccc(Cl)cc2[nH]1.